The highest BCUT2D eigenvalue weighted by Gasteiger charge is 2.27. The van der Waals surface area contributed by atoms with Gasteiger partial charge in [0.2, 0.25) is 5.91 Å². The van der Waals surface area contributed by atoms with E-state index in [1.54, 1.807) is 0 Å². The van der Waals surface area contributed by atoms with Crippen LogP contribution < -0.4 is 5.32 Å². The van der Waals surface area contributed by atoms with E-state index in [1.165, 1.54) is 18.4 Å². The molecule has 5 nitrogen and oxygen atoms in total. The summed E-state index contributed by atoms with van der Waals surface area (Å²) in [5, 5.41) is 3.09. The third-order valence-electron chi connectivity index (χ3n) is 6.50. The average Bonchev–Trinajstić information content (AvgIpc) is 3.10. The number of hydrogen-bond donors (Lipinski definition) is 1. The zero-order valence-corrected chi connectivity index (χ0v) is 20.1. The van der Waals surface area contributed by atoms with Gasteiger partial charge in [-0.05, 0) is 62.1 Å². The Hall–Kier alpha value is -2.18. The maximum absolute atomic E-state index is 13.2. The number of piperidine rings is 1. The molecule has 2 heterocycles. The summed E-state index contributed by atoms with van der Waals surface area (Å²) >= 11 is 3.48. The second-order valence-corrected chi connectivity index (χ2v) is 9.86. The van der Waals surface area contributed by atoms with Crippen molar-refractivity contribution in [1.29, 1.82) is 0 Å². The molecule has 1 unspecified atom stereocenters. The van der Waals surface area contributed by atoms with E-state index in [0.717, 1.165) is 62.9 Å². The van der Waals surface area contributed by atoms with Crippen molar-refractivity contribution in [2.24, 2.45) is 5.92 Å². The van der Waals surface area contributed by atoms with Crippen LogP contribution in [0, 0.1) is 5.92 Å². The fourth-order valence-corrected chi connectivity index (χ4v) is 4.98. The lowest BCUT2D eigenvalue weighted by atomic mass is 9.96. The van der Waals surface area contributed by atoms with E-state index in [0.29, 0.717) is 11.3 Å². The van der Waals surface area contributed by atoms with Gasteiger partial charge in [-0.3, -0.25) is 14.5 Å². The molecule has 6 heteroatoms. The van der Waals surface area contributed by atoms with Crippen molar-refractivity contribution in [3.63, 3.8) is 0 Å². The van der Waals surface area contributed by atoms with Gasteiger partial charge in [-0.25, -0.2) is 0 Å². The lowest BCUT2D eigenvalue weighted by Gasteiger charge is -2.32. The summed E-state index contributed by atoms with van der Waals surface area (Å²) < 4.78 is 1.07. The molecule has 0 aromatic heterocycles. The van der Waals surface area contributed by atoms with Gasteiger partial charge in [-0.1, -0.05) is 53.0 Å². The Morgan fingerprint density at radius 2 is 1.62 bits per heavy atom. The highest BCUT2D eigenvalue weighted by molar-refractivity contribution is 9.10. The molecule has 0 spiro atoms. The van der Waals surface area contributed by atoms with Crippen molar-refractivity contribution < 1.29 is 9.59 Å². The van der Waals surface area contributed by atoms with Gasteiger partial charge in [0.25, 0.3) is 5.91 Å². The maximum Gasteiger partial charge on any atom is 0.255 e. The van der Waals surface area contributed by atoms with E-state index in [2.05, 4.69) is 50.4 Å². The summed E-state index contributed by atoms with van der Waals surface area (Å²) in [4.78, 5) is 30.6. The molecule has 170 valence electrons. The summed E-state index contributed by atoms with van der Waals surface area (Å²) in [5.41, 5.74) is 2.49. The van der Waals surface area contributed by atoms with Crippen LogP contribution in [0.4, 0.5) is 5.69 Å². The smallest absolute Gasteiger partial charge is 0.255 e. The average molecular weight is 498 g/mol. The number of halogens is 1. The largest absolute Gasteiger partial charge is 0.339 e. The molecule has 0 aliphatic carbocycles. The summed E-state index contributed by atoms with van der Waals surface area (Å²) in [6, 6.07) is 15.8. The molecule has 2 fully saturated rings. The number of likely N-dealkylation sites (tertiary alicyclic amines) is 2. The number of amides is 2. The summed E-state index contributed by atoms with van der Waals surface area (Å²) in [6.07, 6.45) is 6.35. The van der Waals surface area contributed by atoms with E-state index in [4.69, 9.17) is 0 Å². The number of nitrogens with one attached hydrogen (secondary N) is 1. The first kappa shape index (κ1) is 23.0. The number of carbonyl (C=O) groups is 2. The van der Waals surface area contributed by atoms with Crippen LogP contribution >= 0.6 is 15.9 Å². The molecule has 4 rings (SSSR count). The number of para-hydroxylation sites is 1. The van der Waals surface area contributed by atoms with Gasteiger partial charge in [-0.2, -0.15) is 0 Å². The first-order chi connectivity index (χ1) is 15.6. The lowest BCUT2D eigenvalue weighted by Crippen LogP contribution is -2.40. The third-order valence-corrected chi connectivity index (χ3v) is 7.03. The minimum absolute atomic E-state index is 0.0154. The van der Waals surface area contributed by atoms with Crippen LogP contribution in [0.15, 0.2) is 53.0 Å². The first-order valence-corrected chi connectivity index (χ1v) is 12.6. The summed E-state index contributed by atoms with van der Waals surface area (Å²) in [6.45, 7) is 4.19. The minimum Gasteiger partial charge on any atom is -0.339 e. The van der Waals surface area contributed by atoms with Gasteiger partial charge >= 0.3 is 0 Å². The van der Waals surface area contributed by atoms with Crippen molar-refractivity contribution in [3.8, 4) is 0 Å². The number of benzene rings is 2. The van der Waals surface area contributed by atoms with E-state index in [9.17, 15) is 9.59 Å². The Kier molecular flexibility index (Phi) is 7.98. The Morgan fingerprint density at radius 1 is 0.906 bits per heavy atom. The molecular formula is C26H32BrN3O2. The van der Waals surface area contributed by atoms with Crippen LogP contribution in [-0.2, 0) is 11.3 Å². The van der Waals surface area contributed by atoms with E-state index >= 15 is 0 Å². The fourth-order valence-electron chi connectivity index (χ4n) is 4.72. The van der Waals surface area contributed by atoms with Gasteiger partial charge < -0.3 is 10.2 Å². The predicted molar refractivity (Wildman–Crippen MR) is 132 cm³/mol. The molecule has 0 radical (unpaired) electrons. The number of rotatable bonds is 5. The van der Waals surface area contributed by atoms with E-state index in [1.807, 2.05) is 29.2 Å². The van der Waals surface area contributed by atoms with Crippen molar-refractivity contribution in [1.82, 2.24) is 9.80 Å². The van der Waals surface area contributed by atoms with Crippen LogP contribution in [0.25, 0.3) is 0 Å². The van der Waals surface area contributed by atoms with Gasteiger partial charge in [0.1, 0.15) is 0 Å². The lowest BCUT2D eigenvalue weighted by molar-refractivity contribution is -0.121. The first-order valence-electron chi connectivity index (χ1n) is 11.8. The quantitative estimate of drug-likeness (QED) is 0.608. The third kappa shape index (κ3) is 5.99. The van der Waals surface area contributed by atoms with Crippen molar-refractivity contribution in [2.45, 2.75) is 45.1 Å². The zero-order chi connectivity index (χ0) is 22.3. The molecule has 2 aromatic carbocycles. The molecule has 0 saturated carbocycles. The Bertz CT molecular complexity index is 923. The molecule has 1 N–H and O–H groups in total. The Balaban J connectivity index is 1.40. The monoisotopic (exact) mass is 497 g/mol. The maximum atomic E-state index is 13.2. The Morgan fingerprint density at radius 3 is 2.38 bits per heavy atom. The highest BCUT2D eigenvalue weighted by Crippen LogP contribution is 2.24. The normalized spacial score (nSPS) is 19.9. The molecule has 2 amide bonds. The van der Waals surface area contributed by atoms with Gasteiger partial charge in [0.15, 0.2) is 0 Å². The van der Waals surface area contributed by atoms with Crippen LogP contribution in [0.1, 0.15) is 54.4 Å². The van der Waals surface area contributed by atoms with E-state index < -0.39 is 0 Å². The molecule has 2 aromatic rings. The second-order valence-electron chi connectivity index (χ2n) is 8.94. The summed E-state index contributed by atoms with van der Waals surface area (Å²) in [7, 11) is 0. The van der Waals surface area contributed by atoms with Gasteiger partial charge in [0.05, 0.1) is 17.2 Å². The fraction of sp³-hybridized carbons (Fsp3) is 0.462. The van der Waals surface area contributed by atoms with Crippen LogP contribution in [-0.4, -0.2) is 47.8 Å². The van der Waals surface area contributed by atoms with Crippen molar-refractivity contribution in [3.05, 3.63) is 64.1 Å². The predicted octanol–water partition coefficient (Wildman–Crippen LogP) is 5.32. The molecule has 2 aliphatic rings. The van der Waals surface area contributed by atoms with Crippen LogP contribution in [0.5, 0.6) is 0 Å². The standard InChI is InChI=1S/C26H32BrN3O2/c27-22-13-11-20(12-14-22)18-29-15-7-8-21(19-29)25(31)28-24-10-4-3-9-23(24)26(32)30-16-5-1-2-6-17-30/h3-4,9-14,21H,1-2,5-8,15-19H2,(H,28,31). The van der Waals surface area contributed by atoms with E-state index in [-0.39, 0.29) is 17.7 Å². The Labute approximate surface area is 199 Å². The highest BCUT2D eigenvalue weighted by atomic mass is 79.9. The van der Waals surface area contributed by atoms with Crippen molar-refractivity contribution >= 4 is 33.4 Å². The molecular weight excluding hydrogens is 466 g/mol. The number of hydrogen-bond acceptors (Lipinski definition) is 3. The number of anilines is 1. The van der Waals surface area contributed by atoms with Crippen LogP contribution in [0.3, 0.4) is 0 Å². The number of nitrogens with zero attached hydrogens (tertiary/aromatic N) is 2. The van der Waals surface area contributed by atoms with Crippen LogP contribution in [0.2, 0.25) is 0 Å². The van der Waals surface area contributed by atoms with Gasteiger partial charge in [0, 0.05) is 30.7 Å². The minimum atomic E-state index is -0.0689. The topological polar surface area (TPSA) is 52.7 Å². The molecule has 2 saturated heterocycles. The molecule has 32 heavy (non-hydrogen) atoms. The van der Waals surface area contributed by atoms with Gasteiger partial charge in [-0.15, -0.1) is 0 Å². The summed E-state index contributed by atoms with van der Waals surface area (Å²) in [5.74, 6) is -0.0227. The molecule has 2 aliphatic heterocycles. The SMILES string of the molecule is O=C(Nc1ccccc1C(=O)N1CCCCCC1)C1CCCN(Cc2ccc(Br)cc2)C1. The zero-order valence-electron chi connectivity index (χ0n) is 18.6. The second kappa shape index (κ2) is 11.1. The van der Waals surface area contributed by atoms with Crippen molar-refractivity contribution in [2.75, 3.05) is 31.5 Å². The molecule has 1 atom stereocenters. The molecule has 0 bridgehead atoms. The number of carbonyl (C=O) groups excluding carboxylic acids is 2.